The second kappa shape index (κ2) is 9.03. The summed E-state index contributed by atoms with van der Waals surface area (Å²) in [5.74, 6) is 1.40. The molecule has 4 heteroatoms. The third kappa shape index (κ3) is 6.07. The maximum absolute atomic E-state index is 12.7. The zero-order valence-electron chi connectivity index (χ0n) is 15.8. The molecule has 1 saturated carbocycles. The minimum absolute atomic E-state index is 0.321. The molecule has 0 unspecified atom stereocenters. The Balaban J connectivity index is 1.77. The summed E-state index contributed by atoms with van der Waals surface area (Å²) in [5.41, 5.74) is 0. The van der Waals surface area contributed by atoms with Crippen molar-refractivity contribution in [1.82, 2.24) is 14.7 Å². The number of carbonyl (C=O) groups is 1. The fourth-order valence-corrected chi connectivity index (χ4v) is 4.01. The molecule has 0 N–H and O–H groups in total. The van der Waals surface area contributed by atoms with Crippen molar-refractivity contribution < 1.29 is 4.79 Å². The van der Waals surface area contributed by atoms with Gasteiger partial charge in [0.15, 0.2) is 0 Å². The van der Waals surface area contributed by atoms with Crippen LogP contribution in [0.3, 0.4) is 0 Å². The van der Waals surface area contributed by atoms with Gasteiger partial charge in [-0.15, -0.1) is 0 Å². The van der Waals surface area contributed by atoms with Crippen LogP contribution < -0.4 is 0 Å². The Morgan fingerprint density at radius 3 is 1.96 bits per heavy atom. The van der Waals surface area contributed by atoms with Crippen LogP contribution in [-0.4, -0.2) is 72.5 Å². The van der Waals surface area contributed by atoms with Crippen LogP contribution in [0.2, 0.25) is 0 Å². The van der Waals surface area contributed by atoms with Gasteiger partial charge in [0, 0.05) is 45.3 Å². The molecule has 1 aliphatic heterocycles. The predicted molar refractivity (Wildman–Crippen MR) is 96.5 cm³/mol. The van der Waals surface area contributed by atoms with E-state index in [0.717, 1.165) is 45.3 Å². The predicted octanol–water partition coefficient (Wildman–Crippen LogP) is 2.69. The van der Waals surface area contributed by atoms with E-state index in [9.17, 15) is 4.79 Å². The molecule has 1 saturated heterocycles. The quantitative estimate of drug-likeness (QED) is 0.721. The first-order valence-corrected chi connectivity index (χ1v) is 9.70. The van der Waals surface area contributed by atoms with Gasteiger partial charge in [0.25, 0.3) is 0 Å². The fraction of sp³-hybridized carbons (Fsp3) is 0.947. The average Bonchev–Trinajstić information content (AvgIpc) is 3.00. The summed E-state index contributed by atoms with van der Waals surface area (Å²) in [7, 11) is 0. The molecule has 1 amide bonds. The van der Waals surface area contributed by atoms with E-state index < -0.39 is 0 Å². The molecule has 0 aromatic carbocycles. The van der Waals surface area contributed by atoms with Gasteiger partial charge in [-0.25, -0.2) is 0 Å². The normalized spacial score (nSPS) is 21.5. The molecular formula is C19H37N3O. The second-order valence-corrected chi connectivity index (χ2v) is 8.34. The van der Waals surface area contributed by atoms with Crippen LogP contribution in [0.15, 0.2) is 0 Å². The Bertz CT molecular complexity index is 346. The van der Waals surface area contributed by atoms with E-state index in [0.29, 0.717) is 24.3 Å². The van der Waals surface area contributed by atoms with Crippen LogP contribution in [0.1, 0.15) is 53.4 Å². The van der Waals surface area contributed by atoms with Crippen molar-refractivity contribution in [3.05, 3.63) is 0 Å². The first-order valence-electron chi connectivity index (χ1n) is 9.70. The molecule has 134 valence electrons. The number of hydrogen-bond acceptors (Lipinski definition) is 3. The first-order chi connectivity index (χ1) is 11.0. The van der Waals surface area contributed by atoms with E-state index >= 15 is 0 Å². The van der Waals surface area contributed by atoms with Crippen molar-refractivity contribution in [2.24, 2.45) is 11.8 Å². The second-order valence-electron chi connectivity index (χ2n) is 8.34. The Kier molecular flexibility index (Phi) is 7.35. The van der Waals surface area contributed by atoms with Crippen LogP contribution in [0.4, 0.5) is 0 Å². The SMILES string of the molecule is CC(C)CN(CC(C)C)C(=O)CN1CCN(C2CCCC2)CC1. The molecule has 1 aliphatic carbocycles. The van der Waals surface area contributed by atoms with E-state index in [-0.39, 0.29) is 0 Å². The topological polar surface area (TPSA) is 26.8 Å². The molecule has 0 spiro atoms. The standard InChI is InChI=1S/C19H37N3O/c1-16(2)13-22(14-17(3)4)19(23)15-20-9-11-21(12-10-20)18-7-5-6-8-18/h16-18H,5-15H2,1-4H3. The van der Waals surface area contributed by atoms with Crippen LogP contribution in [0, 0.1) is 11.8 Å². The van der Waals surface area contributed by atoms with Gasteiger partial charge in [0.1, 0.15) is 0 Å². The van der Waals surface area contributed by atoms with Gasteiger partial charge in [0.2, 0.25) is 5.91 Å². The zero-order valence-corrected chi connectivity index (χ0v) is 15.8. The Morgan fingerprint density at radius 2 is 1.48 bits per heavy atom. The van der Waals surface area contributed by atoms with Gasteiger partial charge in [-0.1, -0.05) is 40.5 Å². The number of rotatable bonds is 7. The monoisotopic (exact) mass is 323 g/mol. The first kappa shape index (κ1) is 18.7. The van der Waals surface area contributed by atoms with E-state index in [1.807, 2.05) is 0 Å². The number of nitrogens with zero attached hydrogens (tertiary/aromatic N) is 3. The number of piperazine rings is 1. The van der Waals surface area contributed by atoms with Crippen LogP contribution >= 0.6 is 0 Å². The highest BCUT2D eigenvalue weighted by Crippen LogP contribution is 2.24. The minimum atomic E-state index is 0.321. The van der Waals surface area contributed by atoms with Gasteiger partial charge in [-0.2, -0.15) is 0 Å². The molecule has 2 fully saturated rings. The summed E-state index contributed by atoms with van der Waals surface area (Å²) in [6, 6.07) is 0.825. The highest BCUT2D eigenvalue weighted by atomic mass is 16.2. The summed E-state index contributed by atoms with van der Waals surface area (Å²) >= 11 is 0. The maximum Gasteiger partial charge on any atom is 0.236 e. The number of amides is 1. The zero-order chi connectivity index (χ0) is 16.8. The minimum Gasteiger partial charge on any atom is -0.341 e. The summed E-state index contributed by atoms with van der Waals surface area (Å²) in [4.78, 5) is 19.8. The Labute approximate surface area is 143 Å². The third-order valence-electron chi connectivity index (χ3n) is 5.13. The van der Waals surface area contributed by atoms with Crippen molar-refractivity contribution in [3.63, 3.8) is 0 Å². The van der Waals surface area contributed by atoms with Gasteiger partial charge in [-0.3, -0.25) is 14.6 Å². The molecule has 0 bridgehead atoms. The van der Waals surface area contributed by atoms with Gasteiger partial charge < -0.3 is 4.90 Å². The van der Waals surface area contributed by atoms with E-state index in [2.05, 4.69) is 42.4 Å². The smallest absolute Gasteiger partial charge is 0.236 e. The van der Waals surface area contributed by atoms with E-state index in [1.165, 1.54) is 25.7 Å². The van der Waals surface area contributed by atoms with E-state index in [1.54, 1.807) is 0 Å². The third-order valence-corrected chi connectivity index (χ3v) is 5.13. The summed E-state index contributed by atoms with van der Waals surface area (Å²) in [5, 5.41) is 0. The molecule has 0 atom stereocenters. The highest BCUT2D eigenvalue weighted by molar-refractivity contribution is 5.78. The van der Waals surface area contributed by atoms with Gasteiger partial charge in [-0.05, 0) is 24.7 Å². The lowest BCUT2D eigenvalue weighted by Gasteiger charge is -2.38. The summed E-state index contributed by atoms with van der Waals surface area (Å²) in [6.07, 6.45) is 5.58. The lowest BCUT2D eigenvalue weighted by molar-refractivity contribution is -0.134. The van der Waals surface area contributed by atoms with Crippen molar-refractivity contribution >= 4 is 5.91 Å². The van der Waals surface area contributed by atoms with Gasteiger partial charge >= 0.3 is 0 Å². The largest absolute Gasteiger partial charge is 0.341 e. The van der Waals surface area contributed by atoms with Crippen LogP contribution in [-0.2, 0) is 4.79 Å². The molecule has 0 aromatic rings. The van der Waals surface area contributed by atoms with Crippen molar-refractivity contribution in [2.75, 3.05) is 45.8 Å². The lowest BCUT2D eigenvalue weighted by atomic mass is 10.1. The fourth-order valence-electron chi connectivity index (χ4n) is 4.01. The molecule has 0 radical (unpaired) electrons. The Hall–Kier alpha value is -0.610. The average molecular weight is 324 g/mol. The van der Waals surface area contributed by atoms with Crippen molar-refractivity contribution in [2.45, 2.75) is 59.4 Å². The number of carbonyl (C=O) groups excluding carboxylic acids is 1. The Morgan fingerprint density at radius 1 is 0.957 bits per heavy atom. The molecule has 1 heterocycles. The molecular weight excluding hydrogens is 286 g/mol. The number of hydrogen-bond donors (Lipinski definition) is 0. The van der Waals surface area contributed by atoms with Crippen LogP contribution in [0.5, 0.6) is 0 Å². The van der Waals surface area contributed by atoms with Crippen LogP contribution in [0.25, 0.3) is 0 Å². The van der Waals surface area contributed by atoms with E-state index in [4.69, 9.17) is 0 Å². The molecule has 2 rings (SSSR count). The molecule has 2 aliphatic rings. The van der Waals surface area contributed by atoms with Gasteiger partial charge in [0.05, 0.1) is 6.54 Å². The maximum atomic E-state index is 12.7. The summed E-state index contributed by atoms with van der Waals surface area (Å²) in [6.45, 7) is 15.6. The van der Waals surface area contributed by atoms with Crippen molar-refractivity contribution in [1.29, 1.82) is 0 Å². The summed E-state index contributed by atoms with van der Waals surface area (Å²) < 4.78 is 0. The molecule has 23 heavy (non-hydrogen) atoms. The highest BCUT2D eigenvalue weighted by Gasteiger charge is 2.27. The lowest BCUT2D eigenvalue weighted by Crippen LogP contribution is -2.52. The van der Waals surface area contributed by atoms with Crippen molar-refractivity contribution in [3.8, 4) is 0 Å². The molecule has 0 aromatic heterocycles. The molecule has 4 nitrogen and oxygen atoms in total.